The molecule has 1 unspecified atom stereocenters. The minimum absolute atomic E-state index is 0.00640. The standard InChI is InChI=1S/C19H32N2O8/c1-15(2)20-12-18(29-19(22)14-26-10-11-28-21(23)24)13-27-17-6-4-16(5-7-17)8-9-25-3/h4-7,15,18,20,23-24H,8-14H2,1-3H3. The minimum Gasteiger partial charge on any atom is -0.490 e. The Morgan fingerprint density at radius 3 is 2.48 bits per heavy atom. The van der Waals surface area contributed by atoms with Crippen LogP contribution in [0.4, 0.5) is 0 Å². The van der Waals surface area contributed by atoms with E-state index in [0.29, 0.717) is 18.9 Å². The molecular weight excluding hydrogens is 384 g/mol. The fraction of sp³-hybridized carbons (Fsp3) is 0.632. The number of ether oxygens (including phenoxy) is 4. The molecule has 0 aromatic heterocycles. The first kappa shape index (κ1) is 25.2. The molecule has 29 heavy (non-hydrogen) atoms. The van der Waals surface area contributed by atoms with Gasteiger partial charge in [0.1, 0.15) is 25.1 Å². The maximum Gasteiger partial charge on any atom is 0.332 e. The Hall–Kier alpha value is -1.79. The molecule has 0 aliphatic heterocycles. The lowest BCUT2D eigenvalue weighted by Gasteiger charge is -2.20. The summed E-state index contributed by atoms with van der Waals surface area (Å²) in [6.07, 6.45) is 0.331. The van der Waals surface area contributed by atoms with Crippen molar-refractivity contribution in [2.24, 2.45) is 0 Å². The van der Waals surface area contributed by atoms with E-state index in [1.54, 1.807) is 7.11 Å². The number of carbonyl (C=O) groups excluding carboxylic acids is 1. The van der Waals surface area contributed by atoms with Crippen LogP contribution >= 0.6 is 0 Å². The summed E-state index contributed by atoms with van der Waals surface area (Å²) >= 11 is 0. The minimum atomic E-state index is -0.552. The largest absolute Gasteiger partial charge is 0.490 e. The zero-order chi connectivity index (χ0) is 21.5. The van der Waals surface area contributed by atoms with Crippen LogP contribution in [0.5, 0.6) is 5.75 Å². The molecule has 166 valence electrons. The van der Waals surface area contributed by atoms with Crippen LogP contribution in [-0.4, -0.2) is 80.6 Å². The zero-order valence-corrected chi connectivity index (χ0v) is 17.2. The summed E-state index contributed by atoms with van der Waals surface area (Å²) < 4.78 is 21.3. The van der Waals surface area contributed by atoms with Crippen LogP contribution in [0.25, 0.3) is 0 Å². The van der Waals surface area contributed by atoms with Gasteiger partial charge < -0.3 is 24.3 Å². The van der Waals surface area contributed by atoms with E-state index in [9.17, 15) is 4.79 Å². The van der Waals surface area contributed by atoms with Crippen molar-refractivity contribution in [3.05, 3.63) is 29.8 Å². The number of carbonyl (C=O) groups is 1. The molecule has 0 heterocycles. The van der Waals surface area contributed by atoms with E-state index >= 15 is 0 Å². The van der Waals surface area contributed by atoms with Crippen molar-refractivity contribution >= 4 is 5.97 Å². The highest BCUT2D eigenvalue weighted by Crippen LogP contribution is 2.13. The number of hydrogen-bond donors (Lipinski definition) is 3. The lowest BCUT2D eigenvalue weighted by molar-refractivity contribution is -0.493. The van der Waals surface area contributed by atoms with E-state index in [2.05, 4.69) is 10.2 Å². The molecule has 10 nitrogen and oxygen atoms in total. The van der Waals surface area contributed by atoms with Crippen molar-refractivity contribution in [2.75, 3.05) is 46.7 Å². The summed E-state index contributed by atoms with van der Waals surface area (Å²) in [5, 5.41) is 19.6. The summed E-state index contributed by atoms with van der Waals surface area (Å²) in [4.78, 5) is 16.3. The number of nitrogens with one attached hydrogen (secondary N) is 1. The van der Waals surface area contributed by atoms with Gasteiger partial charge in [-0.25, -0.2) is 9.63 Å². The molecule has 10 heteroatoms. The monoisotopic (exact) mass is 416 g/mol. The predicted octanol–water partition coefficient (Wildman–Crippen LogP) is 1.19. The van der Waals surface area contributed by atoms with Gasteiger partial charge in [0, 0.05) is 19.7 Å². The SMILES string of the molecule is COCCc1ccc(OCC(CNC(C)C)OC(=O)COCCON(O)O)cc1. The maximum absolute atomic E-state index is 12.0. The van der Waals surface area contributed by atoms with E-state index < -0.39 is 17.5 Å². The van der Waals surface area contributed by atoms with Gasteiger partial charge in [-0.3, -0.25) is 10.4 Å². The second-order valence-electron chi connectivity index (χ2n) is 6.51. The molecule has 0 saturated carbocycles. The van der Waals surface area contributed by atoms with E-state index in [0.717, 1.165) is 12.0 Å². The van der Waals surface area contributed by atoms with Gasteiger partial charge in [-0.05, 0) is 24.1 Å². The van der Waals surface area contributed by atoms with Gasteiger partial charge in [0.25, 0.3) is 0 Å². The molecule has 0 saturated heterocycles. The molecule has 0 bridgehead atoms. The Morgan fingerprint density at radius 1 is 1.14 bits per heavy atom. The van der Waals surface area contributed by atoms with Crippen molar-refractivity contribution in [2.45, 2.75) is 32.4 Å². The van der Waals surface area contributed by atoms with E-state index in [1.807, 2.05) is 38.1 Å². The third kappa shape index (κ3) is 13.1. The highest BCUT2D eigenvalue weighted by Gasteiger charge is 2.16. The summed E-state index contributed by atoms with van der Waals surface area (Å²) in [6, 6.07) is 7.91. The number of rotatable bonds is 16. The Bertz CT molecular complexity index is 554. The zero-order valence-electron chi connectivity index (χ0n) is 17.2. The van der Waals surface area contributed by atoms with Crippen LogP contribution in [0.2, 0.25) is 0 Å². The first-order valence-electron chi connectivity index (χ1n) is 9.42. The average Bonchev–Trinajstić information content (AvgIpc) is 2.68. The van der Waals surface area contributed by atoms with E-state index in [-0.39, 0.29) is 32.5 Å². The molecule has 0 spiro atoms. The normalized spacial score (nSPS) is 12.4. The molecule has 3 N–H and O–H groups in total. The number of esters is 1. The first-order chi connectivity index (χ1) is 13.9. The van der Waals surface area contributed by atoms with Gasteiger partial charge in [0.2, 0.25) is 0 Å². The Kier molecular flexibility index (Phi) is 13.1. The van der Waals surface area contributed by atoms with Crippen LogP contribution in [0.3, 0.4) is 0 Å². The number of nitrogens with zero attached hydrogens (tertiary/aromatic N) is 1. The van der Waals surface area contributed by atoms with Crippen molar-refractivity contribution in [1.29, 1.82) is 0 Å². The number of hydrogen-bond acceptors (Lipinski definition) is 10. The third-order valence-electron chi connectivity index (χ3n) is 3.66. The predicted molar refractivity (Wildman–Crippen MR) is 103 cm³/mol. The molecule has 1 aromatic rings. The van der Waals surface area contributed by atoms with Gasteiger partial charge >= 0.3 is 5.97 Å². The van der Waals surface area contributed by atoms with Crippen molar-refractivity contribution in [3.63, 3.8) is 0 Å². The first-order valence-corrected chi connectivity index (χ1v) is 9.42. The van der Waals surface area contributed by atoms with Crippen LogP contribution in [0.1, 0.15) is 19.4 Å². The van der Waals surface area contributed by atoms with Gasteiger partial charge in [0.15, 0.2) is 0 Å². The summed E-state index contributed by atoms with van der Waals surface area (Å²) in [5.41, 5.74) is 1.15. The fourth-order valence-corrected chi connectivity index (χ4v) is 2.22. The molecule has 0 radical (unpaired) electrons. The molecule has 1 rings (SSSR count). The van der Waals surface area contributed by atoms with Crippen LogP contribution < -0.4 is 10.1 Å². The van der Waals surface area contributed by atoms with Gasteiger partial charge in [-0.1, -0.05) is 26.0 Å². The summed E-state index contributed by atoms with van der Waals surface area (Å²) in [7, 11) is 1.67. The van der Waals surface area contributed by atoms with Crippen LogP contribution in [-0.2, 0) is 30.3 Å². The van der Waals surface area contributed by atoms with Crippen molar-refractivity contribution in [1.82, 2.24) is 10.7 Å². The maximum atomic E-state index is 12.0. The number of methoxy groups -OCH3 is 1. The molecule has 1 atom stereocenters. The quantitative estimate of drug-likeness (QED) is 0.206. The molecule has 0 amide bonds. The van der Waals surface area contributed by atoms with E-state index in [4.69, 9.17) is 29.4 Å². The average molecular weight is 416 g/mol. The second kappa shape index (κ2) is 15.1. The molecule has 0 aliphatic rings. The molecular formula is C19H32N2O8. The molecule has 0 fully saturated rings. The molecule has 1 aromatic carbocycles. The third-order valence-corrected chi connectivity index (χ3v) is 3.66. The topological polar surface area (TPSA) is 119 Å². The van der Waals surface area contributed by atoms with Crippen LogP contribution in [0.15, 0.2) is 24.3 Å². The summed E-state index contributed by atoms with van der Waals surface area (Å²) in [6.45, 7) is 4.85. The van der Waals surface area contributed by atoms with Gasteiger partial charge in [-0.15, -0.1) is 0 Å². The Balaban J connectivity index is 2.43. The fourth-order valence-electron chi connectivity index (χ4n) is 2.22. The Labute approximate surface area is 171 Å². The highest BCUT2D eigenvalue weighted by molar-refractivity contribution is 5.70. The van der Waals surface area contributed by atoms with E-state index in [1.165, 1.54) is 0 Å². The van der Waals surface area contributed by atoms with Crippen molar-refractivity contribution in [3.8, 4) is 5.75 Å². The lowest BCUT2D eigenvalue weighted by Crippen LogP contribution is -2.39. The Morgan fingerprint density at radius 2 is 1.86 bits per heavy atom. The van der Waals surface area contributed by atoms with Crippen LogP contribution in [0, 0.1) is 0 Å². The lowest BCUT2D eigenvalue weighted by atomic mass is 10.1. The second-order valence-corrected chi connectivity index (χ2v) is 6.51. The van der Waals surface area contributed by atoms with Crippen molar-refractivity contribution < 1.29 is 39.0 Å². The number of benzene rings is 1. The highest BCUT2D eigenvalue weighted by atomic mass is 17.1. The summed E-state index contributed by atoms with van der Waals surface area (Å²) in [5.74, 6) is 0.131. The van der Waals surface area contributed by atoms with Gasteiger partial charge in [0.05, 0.1) is 25.2 Å². The van der Waals surface area contributed by atoms with Gasteiger partial charge in [-0.2, -0.15) is 0 Å². The smallest absolute Gasteiger partial charge is 0.332 e. The molecule has 0 aliphatic carbocycles.